The Balaban J connectivity index is 1.48. The maximum atomic E-state index is 5.89. The second-order valence-corrected chi connectivity index (χ2v) is 6.77. The molecule has 6 nitrogen and oxygen atoms in total. The van der Waals surface area contributed by atoms with Gasteiger partial charge in [0, 0.05) is 25.7 Å². The molecule has 1 saturated heterocycles. The van der Waals surface area contributed by atoms with Crippen LogP contribution in [0.15, 0.2) is 22.6 Å². The van der Waals surface area contributed by atoms with E-state index in [1.54, 1.807) is 7.11 Å². The van der Waals surface area contributed by atoms with Crippen molar-refractivity contribution in [2.45, 2.75) is 45.3 Å². The molecule has 4 rings (SSSR count). The quantitative estimate of drug-likeness (QED) is 0.860. The number of ether oxygens (including phenoxy) is 1. The predicted molar refractivity (Wildman–Crippen MR) is 91.2 cm³/mol. The summed E-state index contributed by atoms with van der Waals surface area (Å²) in [6, 6.07) is 7.49. The van der Waals surface area contributed by atoms with Gasteiger partial charge in [0.25, 0.3) is 0 Å². The number of benzene rings is 1. The molecular weight excluding hydrogens is 304 g/mol. The fourth-order valence-corrected chi connectivity index (χ4v) is 3.63. The van der Waals surface area contributed by atoms with E-state index in [1.165, 1.54) is 24.0 Å². The molecule has 0 amide bonds. The highest BCUT2D eigenvalue weighted by molar-refractivity contribution is 5.37. The van der Waals surface area contributed by atoms with Crippen LogP contribution in [0.3, 0.4) is 0 Å². The second-order valence-electron chi connectivity index (χ2n) is 6.77. The van der Waals surface area contributed by atoms with E-state index >= 15 is 0 Å². The number of hydrogen-bond donors (Lipinski definition) is 0. The molecule has 2 aliphatic heterocycles. The van der Waals surface area contributed by atoms with Crippen molar-refractivity contribution in [3.8, 4) is 5.75 Å². The zero-order valence-electron chi connectivity index (χ0n) is 14.4. The lowest BCUT2D eigenvalue weighted by Gasteiger charge is -2.34. The van der Waals surface area contributed by atoms with Crippen molar-refractivity contribution in [2.75, 3.05) is 25.1 Å². The zero-order valence-corrected chi connectivity index (χ0v) is 14.4. The first-order chi connectivity index (χ1) is 11.7. The second kappa shape index (κ2) is 6.43. The van der Waals surface area contributed by atoms with E-state index in [0.29, 0.717) is 24.5 Å². The van der Waals surface area contributed by atoms with Crippen LogP contribution in [0.1, 0.15) is 36.8 Å². The Bertz CT molecular complexity index is 709. The first kappa shape index (κ1) is 15.4. The molecule has 0 bridgehead atoms. The van der Waals surface area contributed by atoms with E-state index in [2.05, 4.69) is 39.1 Å². The Morgan fingerprint density at radius 3 is 2.83 bits per heavy atom. The lowest BCUT2D eigenvalue weighted by atomic mass is 9.94. The van der Waals surface area contributed by atoms with Crippen LogP contribution in [0.2, 0.25) is 0 Å². The molecule has 2 aliphatic rings. The van der Waals surface area contributed by atoms with Crippen molar-refractivity contribution in [1.29, 1.82) is 0 Å². The molecule has 1 aromatic carbocycles. The first-order valence-electron chi connectivity index (χ1n) is 8.70. The van der Waals surface area contributed by atoms with Crippen LogP contribution in [0.4, 0.5) is 6.01 Å². The standard InChI is InChI=1S/C18H24N4O2/c1-13-9-14-5-6-16(23-2)10-15(14)11-22(13)12-17-19-20-18(24-17)21-7-3-4-8-21/h5-6,10,13H,3-4,7-9,11-12H2,1-2H3. The highest BCUT2D eigenvalue weighted by atomic mass is 16.5. The molecule has 6 heteroatoms. The van der Waals surface area contributed by atoms with Gasteiger partial charge < -0.3 is 14.1 Å². The van der Waals surface area contributed by atoms with Gasteiger partial charge in [0.1, 0.15) is 5.75 Å². The number of aromatic nitrogens is 2. The smallest absolute Gasteiger partial charge is 0.318 e. The molecule has 0 radical (unpaired) electrons. The van der Waals surface area contributed by atoms with Gasteiger partial charge >= 0.3 is 6.01 Å². The lowest BCUT2D eigenvalue weighted by Crippen LogP contribution is -2.37. The van der Waals surface area contributed by atoms with Crippen LogP contribution >= 0.6 is 0 Å². The normalized spacial score (nSPS) is 21.1. The average molecular weight is 328 g/mol. The molecule has 24 heavy (non-hydrogen) atoms. The highest BCUT2D eigenvalue weighted by Crippen LogP contribution is 2.28. The molecule has 1 unspecified atom stereocenters. The lowest BCUT2D eigenvalue weighted by molar-refractivity contribution is 0.159. The number of anilines is 1. The zero-order chi connectivity index (χ0) is 16.5. The summed E-state index contributed by atoms with van der Waals surface area (Å²) in [6.45, 7) is 5.88. The highest BCUT2D eigenvalue weighted by Gasteiger charge is 2.26. The summed E-state index contributed by atoms with van der Waals surface area (Å²) in [7, 11) is 1.71. The summed E-state index contributed by atoms with van der Waals surface area (Å²) in [4.78, 5) is 4.57. The topological polar surface area (TPSA) is 54.6 Å². The van der Waals surface area contributed by atoms with Gasteiger partial charge in [-0.15, -0.1) is 5.10 Å². The largest absolute Gasteiger partial charge is 0.497 e. The Labute approximate surface area is 142 Å². The van der Waals surface area contributed by atoms with Crippen molar-refractivity contribution in [3.63, 3.8) is 0 Å². The molecule has 1 fully saturated rings. The Kier molecular flexibility index (Phi) is 4.14. The predicted octanol–water partition coefficient (Wildman–Crippen LogP) is 2.63. The van der Waals surface area contributed by atoms with Crippen molar-refractivity contribution < 1.29 is 9.15 Å². The summed E-state index contributed by atoms with van der Waals surface area (Å²) in [5.74, 6) is 1.62. The molecule has 0 N–H and O–H groups in total. The summed E-state index contributed by atoms with van der Waals surface area (Å²) >= 11 is 0. The van der Waals surface area contributed by atoms with Crippen LogP contribution < -0.4 is 9.64 Å². The molecule has 3 heterocycles. The van der Waals surface area contributed by atoms with Gasteiger partial charge in [0.2, 0.25) is 5.89 Å². The van der Waals surface area contributed by atoms with E-state index in [9.17, 15) is 0 Å². The molecule has 0 saturated carbocycles. The van der Waals surface area contributed by atoms with Crippen LogP contribution in [0.25, 0.3) is 0 Å². The Morgan fingerprint density at radius 2 is 2.04 bits per heavy atom. The van der Waals surface area contributed by atoms with E-state index in [-0.39, 0.29) is 0 Å². The van der Waals surface area contributed by atoms with Gasteiger partial charge in [-0.1, -0.05) is 11.2 Å². The number of hydrogen-bond acceptors (Lipinski definition) is 6. The summed E-state index contributed by atoms with van der Waals surface area (Å²) in [5.41, 5.74) is 2.73. The third kappa shape index (κ3) is 2.98. The third-order valence-corrected chi connectivity index (χ3v) is 5.10. The minimum absolute atomic E-state index is 0.452. The number of fused-ring (bicyclic) bond motifs is 1. The first-order valence-corrected chi connectivity index (χ1v) is 8.70. The van der Waals surface area contributed by atoms with Crippen molar-refractivity contribution in [1.82, 2.24) is 15.1 Å². The molecule has 2 aromatic rings. The minimum atomic E-state index is 0.452. The summed E-state index contributed by atoms with van der Waals surface area (Å²) in [5, 5.41) is 8.48. The van der Waals surface area contributed by atoms with Crippen molar-refractivity contribution >= 4 is 6.01 Å². The minimum Gasteiger partial charge on any atom is -0.497 e. The van der Waals surface area contributed by atoms with Crippen molar-refractivity contribution in [3.05, 3.63) is 35.2 Å². The van der Waals surface area contributed by atoms with E-state index in [0.717, 1.165) is 31.8 Å². The van der Waals surface area contributed by atoms with Gasteiger partial charge in [0.15, 0.2) is 0 Å². The Morgan fingerprint density at radius 1 is 1.21 bits per heavy atom. The molecule has 1 atom stereocenters. The summed E-state index contributed by atoms with van der Waals surface area (Å²) < 4.78 is 11.2. The van der Waals surface area contributed by atoms with Gasteiger partial charge in [-0.05, 0) is 49.4 Å². The van der Waals surface area contributed by atoms with E-state index in [4.69, 9.17) is 9.15 Å². The monoisotopic (exact) mass is 328 g/mol. The summed E-state index contributed by atoms with van der Waals surface area (Å²) in [6.07, 6.45) is 3.45. The molecule has 0 spiro atoms. The van der Waals surface area contributed by atoms with Gasteiger partial charge in [0.05, 0.1) is 13.7 Å². The van der Waals surface area contributed by atoms with Gasteiger partial charge in [-0.25, -0.2) is 0 Å². The molecular formula is C18H24N4O2. The maximum Gasteiger partial charge on any atom is 0.318 e. The van der Waals surface area contributed by atoms with Gasteiger partial charge in [-0.2, -0.15) is 0 Å². The fraction of sp³-hybridized carbons (Fsp3) is 0.556. The fourth-order valence-electron chi connectivity index (χ4n) is 3.63. The van der Waals surface area contributed by atoms with E-state index < -0.39 is 0 Å². The number of rotatable bonds is 4. The number of nitrogens with zero attached hydrogens (tertiary/aromatic N) is 4. The van der Waals surface area contributed by atoms with Crippen LogP contribution in [0.5, 0.6) is 5.75 Å². The average Bonchev–Trinajstić information content (AvgIpc) is 3.26. The molecule has 128 valence electrons. The number of methoxy groups -OCH3 is 1. The maximum absolute atomic E-state index is 5.89. The van der Waals surface area contributed by atoms with Crippen molar-refractivity contribution in [2.24, 2.45) is 0 Å². The SMILES string of the molecule is COc1ccc2c(c1)CN(Cc1nnc(N3CCCC3)o1)C(C)C2. The van der Waals surface area contributed by atoms with Crippen LogP contribution in [-0.4, -0.2) is 41.3 Å². The molecule has 1 aromatic heterocycles. The third-order valence-electron chi connectivity index (χ3n) is 5.10. The van der Waals surface area contributed by atoms with Crippen LogP contribution in [-0.2, 0) is 19.5 Å². The van der Waals surface area contributed by atoms with Gasteiger partial charge in [-0.3, -0.25) is 4.90 Å². The molecule has 0 aliphatic carbocycles. The van der Waals surface area contributed by atoms with E-state index in [1.807, 2.05) is 6.07 Å². The Hall–Kier alpha value is -2.08. The van der Waals surface area contributed by atoms with Crippen LogP contribution in [0, 0.1) is 0 Å².